The highest BCUT2D eigenvalue weighted by atomic mass is 32.1. The highest BCUT2D eigenvalue weighted by Gasteiger charge is 2.04. The Bertz CT molecular complexity index is 210. The zero-order valence-electron chi connectivity index (χ0n) is 12.3. The van der Waals surface area contributed by atoms with Crippen LogP contribution in [-0.2, 0) is 4.74 Å². The van der Waals surface area contributed by atoms with Crippen molar-refractivity contribution in [3.63, 3.8) is 0 Å². The van der Waals surface area contributed by atoms with Gasteiger partial charge in [-0.05, 0) is 18.6 Å². The quantitative estimate of drug-likeness (QED) is 0.402. The molecule has 0 aromatic heterocycles. The van der Waals surface area contributed by atoms with Gasteiger partial charge in [-0.1, -0.05) is 58.3 Å². The Morgan fingerprint density at radius 2 is 1.53 bits per heavy atom. The Morgan fingerprint density at radius 3 is 2.05 bits per heavy atom. The molecule has 0 aromatic carbocycles. The van der Waals surface area contributed by atoms with Gasteiger partial charge in [0.25, 0.3) is 0 Å². The molecule has 0 aromatic rings. The van der Waals surface area contributed by atoms with Crippen molar-refractivity contribution in [1.82, 2.24) is 0 Å². The van der Waals surface area contributed by atoms with Crippen molar-refractivity contribution in [1.29, 1.82) is 0 Å². The average Bonchev–Trinajstić information content (AvgIpc) is 2.42. The van der Waals surface area contributed by atoms with Crippen LogP contribution in [0.4, 0.5) is 0 Å². The van der Waals surface area contributed by atoms with Crippen molar-refractivity contribution >= 4 is 17.3 Å². The van der Waals surface area contributed by atoms with Crippen LogP contribution in [0.2, 0.25) is 0 Å². The van der Waals surface area contributed by atoms with Gasteiger partial charge in [0.05, 0.1) is 6.61 Å². The first-order valence-electron chi connectivity index (χ1n) is 7.65. The minimum Gasteiger partial charge on any atom is -0.484 e. The minimum atomic E-state index is -0.818. The van der Waals surface area contributed by atoms with Gasteiger partial charge in [0.1, 0.15) is 12.7 Å². The molecular weight excluding hydrogens is 260 g/mol. The SMILES string of the molecule is CCCCCCCCCCCC(=S)OC[C@H](O)CO. The molecule has 0 heterocycles. The van der Waals surface area contributed by atoms with Crippen LogP contribution in [-0.4, -0.2) is 34.6 Å². The molecule has 114 valence electrons. The second-order valence-electron chi connectivity index (χ2n) is 5.10. The lowest BCUT2D eigenvalue weighted by Crippen LogP contribution is -2.21. The van der Waals surface area contributed by atoms with E-state index < -0.39 is 6.10 Å². The summed E-state index contributed by atoms with van der Waals surface area (Å²) in [5, 5.41) is 18.3. The molecule has 0 radical (unpaired) electrons. The summed E-state index contributed by atoms with van der Waals surface area (Å²) in [6.07, 6.45) is 11.6. The van der Waals surface area contributed by atoms with Crippen molar-refractivity contribution in [2.24, 2.45) is 0 Å². The summed E-state index contributed by atoms with van der Waals surface area (Å²) in [5.41, 5.74) is 0. The van der Waals surface area contributed by atoms with Gasteiger partial charge in [-0.3, -0.25) is 0 Å². The molecule has 0 aliphatic heterocycles. The summed E-state index contributed by atoms with van der Waals surface area (Å²) in [4.78, 5) is 0. The Kier molecular flexibility index (Phi) is 14.1. The van der Waals surface area contributed by atoms with Gasteiger partial charge in [0.15, 0.2) is 5.05 Å². The van der Waals surface area contributed by atoms with Crippen molar-refractivity contribution in [2.45, 2.75) is 77.2 Å². The molecule has 3 nitrogen and oxygen atoms in total. The first kappa shape index (κ1) is 18.8. The molecule has 0 amide bonds. The van der Waals surface area contributed by atoms with Crippen LogP contribution in [0.15, 0.2) is 0 Å². The van der Waals surface area contributed by atoms with Crippen LogP contribution < -0.4 is 0 Å². The molecule has 0 aliphatic carbocycles. The topological polar surface area (TPSA) is 49.7 Å². The normalized spacial score (nSPS) is 12.4. The van der Waals surface area contributed by atoms with Gasteiger partial charge in [-0.25, -0.2) is 0 Å². The lowest BCUT2D eigenvalue weighted by molar-refractivity contribution is 0.0498. The van der Waals surface area contributed by atoms with Crippen molar-refractivity contribution in [3.8, 4) is 0 Å². The maximum Gasteiger partial charge on any atom is 0.159 e. The third-order valence-electron chi connectivity index (χ3n) is 3.13. The third kappa shape index (κ3) is 14.0. The molecule has 19 heavy (non-hydrogen) atoms. The summed E-state index contributed by atoms with van der Waals surface area (Å²) in [6, 6.07) is 0. The number of hydrogen-bond donors (Lipinski definition) is 2. The maximum atomic E-state index is 9.10. The number of rotatable bonds is 13. The summed E-state index contributed by atoms with van der Waals surface area (Å²) in [7, 11) is 0. The summed E-state index contributed by atoms with van der Waals surface area (Å²) in [5.74, 6) is 0. The number of aliphatic hydroxyl groups is 2. The lowest BCUT2D eigenvalue weighted by Gasteiger charge is -2.10. The van der Waals surface area contributed by atoms with E-state index in [1.165, 1.54) is 51.4 Å². The Labute approximate surface area is 123 Å². The minimum absolute atomic E-state index is 0.104. The molecule has 0 aliphatic rings. The van der Waals surface area contributed by atoms with Crippen molar-refractivity contribution in [3.05, 3.63) is 0 Å². The third-order valence-corrected chi connectivity index (χ3v) is 3.45. The van der Waals surface area contributed by atoms with E-state index in [2.05, 4.69) is 6.92 Å². The molecule has 0 rings (SSSR count). The smallest absolute Gasteiger partial charge is 0.159 e. The Morgan fingerprint density at radius 1 is 1.00 bits per heavy atom. The van der Waals surface area contributed by atoms with Crippen molar-refractivity contribution < 1.29 is 14.9 Å². The number of aliphatic hydroxyl groups excluding tert-OH is 2. The standard InChI is InChI=1S/C15H30O3S/c1-2-3-4-5-6-7-8-9-10-11-15(19)18-13-14(17)12-16/h14,16-17H,2-13H2,1H3/t14-/m1/s1. The van der Waals surface area contributed by atoms with Crippen LogP contribution >= 0.6 is 12.2 Å². The van der Waals surface area contributed by atoms with Crippen LogP contribution in [0.25, 0.3) is 0 Å². The second kappa shape index (κ2) is 14.2. The van der Waals surface area contributed by atoms with E-state index in [-0.39, 0.29) is 13.2 Å². The molecule has 0 unspecified atom stereocenters. The molecule has 0 fully saturated rings. The lowest BCUT2D eigenvalue weighted by atomic mass is 10.1. The number of thiocarbonyl (C=S) groups is 1. The van der Waals surface area contributed by atoms with E-state index >= 15 is 0 Å². The zero-order chi connectivity index (χ0) is 14.3. The zero-order valence-corrected chi connectivity index (χ0v) is 13.1. The van der Waals surface area contributed by atoms with Gasteiger partial charge in [0, 0.05) is 6.42 Å². The Hall–Kier alpha value is -0.190. The molecule has 0 saturated carbocycles. The van der Waals surface area contributed by atoms with E-state index in [4.69, 9.17) is 27.2 Å². The van der Waals surface area contributed by atoms with Crippen LogP contribution in [0.1, 0.15) is 71.1 Å². The highest BCUT2D eigenvalue weighted by Crippen LogP contribution is 2.11. The number of hydrogen-bond acceptors (Lipinski definition) is 4. The molecular formula is C15H30O3S. The summed E-state index contributed by atoms with van der Waals surface area (Å²) < 4.78 is 5.19. The Balaban J connectivity index is 3.18. The van der Waals surface area contributed by atoms with Gasteiger partial charge >= 0.3 is 0 Å². The van der Waals surface area contributed by atoms with E-state index in [1.54, 1.807) is 0 Å². The predicted molar refractivity (Wildman–Crippen MR) is 83.5 cm³/mol. The number of ether oxygens (including phenoxy) is 1. The van der Waals surface area contributed by atoms with Crippen LogP contribution in [0, 0.1) is 0 Å². The van der Waals surface area contributed by atoms with Gasteiger partial charge < -0.3 is 14.9 Å². The van der Waals surface area contributed by atoms with Gasteiger partial charge in [0.2, 0.25) is 0 Å². The fourth-order valence-electron chi connectivity index (χ4n) is 1.89. The van der Waals surface area contributed by atoms with Crippen LogP contribution in [0.5, 0.6) is 0 Å². The fourth-order valence-corrected chi connectivity index (χ4v) is 2.11. The largest absolute Gasteiger partial charge is 0.484 e. The maximum absolute atomic E-state index is 9.10. The molecule has 0 saturated heterocycles. The molecule has 0 spiro atoms. The van der Waals surface area contributed by atoms with E-state index in [9.17, 15) is 0 Å². The first-order valence-corrected chi connectivity index (χ1v) is 8.06. The molecule has 4 heteroatoms. The first-order chi connectivity index (χ1) is 9.20. The average molecular weight is 290 g/mol. The van der Waals surface area contributed by atoms with E-state index in [0.717, 1.165) is 12.8 Å². The molecule has 0 bridgehead atoms. The molecule has 2 N–H and O–H groups in total. The monoisotopic (exact) mass is 290 g/mol. The molecule has 1 atom stereocenters. The van der Waals surface area contributed by atoms with E-state index in [1.807, 2.05) is 0 Å². The fraction of sp³-hybridized carbons (Fsp3) is 0.933. The van der Waals surface area contributed by atoms with Gasteiger partial charge in [-0.2, -0.15) is 0 Å². The summed E-state index contributed by atoms with van der Waals surface area (Å²) >= 11 is 5.05. The van der Waals surface area contributed by atoms with Crippen molar-refractivity contribution in [2.75, 3.05) is 13.2 Å². The summed E-state index contributed by atoms with van der Waals surface area (Å²) in [6.45, 7) is 2.07. The highest BCUT2D eigenvalue weighted by molar-refractivity contribution is 7.80. The van der Waals surface area contributed by atoms with E-state index in [0.29, 0.717) is 5.05 Å². The van der Waals surface area contributed by atoms with Crippen LogP contribution in [0.3, 0.4) is 0 Å². The second-order valence-corrected chi connectivity index (χ2v) is 5.55. The van der Waals surface area contributed by atoms with Gasteiger partial charge in [-0.15, -0.1) is 0 Å². The number of unbranched alkanes of at least 4 members (excludes halogenated alkanes) is 8. The predicted octanol–water partition coefficient (Wildman–Crippen LogP) is 3.60.